The largest absolute Gasteiger partial charge is 0.497 e. The highest BCUT2D eigenvalue weighted by molar-refractivity contribution is 6.05. The average Bonchev–Trinajstić information content (AvgIpc) is 2.73. The number of hydrogen-bond donors (Lipinski definition) is 1. The fourth-order valence-electron chi connectivity index (χ4n) is 3.33. The zero-order valence-electron chi connectivity index (χ0n) is 18.6. The molecule has 1 aromatic carbocycles. The Morgan fingerprint density at radius 3 is 1.84 bits per heavy atom. The maximum atomic E-state index is 13.1. The van der Waals surface area contributed by atoms with Crippen LogP contribution in [0.25, 0.3) is 0 Å². The summed E-state index contributed by atoms with van der Waals surface area (Å²) in [7, 11) is 1.59. The molecule has 31 heavy (non-hydrogen) atoms. The molecule has 0 saturated heterocycles. The van der Waals surface area contributed by atoms with Crippen molar-refractivity contribution in [3.8, 4) is 5.75 Å². The molecular formula is C23H29NO7. The van der Waals surface area contributed by atoms with Crippen molar-refractivity contribution in [3.63, 3.8) is 0 Å². The van der Waals surface area contributed by atoms with Crippen molar-refractivity contribution in [1.29, 1.82) is 0 Å². The Morgan fingerprint density at radius 1 is 0.871 bits per heavy atom. The molecule has 168 valence electrons. The number of esters is 3. The number of benzene rings is 1. The van der Waals surface area contributed by atoms with Crippen LogP contribution in [-0.2, 0) is 35.0 Å². The smallest absolute Gasteiger partial charge is 0.337 e. The Labute approximate surface area is 182 Å². The maximum Gasteiger partial charge on any atom is 0.337 e. The highest BCUT2D eigenvalue weighted by Gasteiger charge is 2.42. The van der Waals surface area contributed by atoms with Crippen LogP contribution in [0.4, 0.5) is 0 Å². The van der Waals surface area contributed by atoms with Crippen molar-refractivity contribution in [2.75, 3.05) is 26.9 Å². The van der Waals surface area contributed by atoms with Crippen LogP contribution in [0, 0.1) is 5.92 Å². The quantitative estimate of drug-likeness (QED) is 0.471. The number of allylic oxidation sites excluding steroid dienone is 2. The molecule has 0 fully saturated rings. The van der Waals surface area contributed by atoms with Crippen LogP contribution in [0.1, 0.15) is 33.3 Å². The first-order chi connectivity index (χ1) is 14.8. The van der Waals surface area contributed by atoms with E-state index in [1.807, 2.05) is 24.3 Å². The lowest BCUT2D eigenvalue weighted by Crippen LogP contribution is -2.38. The summed E-state index contributed by atoms with van der Waals surface area (Å²) in [6, 6.07) is 7.39. The van der Waals surface area contributed by atoms with E-state index < -0.39 is 23.8 Å². The zero-order valence-corrected chi connectivity index (χ0v) is 18.6. The van der Waals surface area contributed by atoms with Gasteiger partial charge in [-0.1, -0.05) is 12.1 Å². The van der Waals surface area contributed by atoms with E-state index in [1.54, 1.807) is 34.8 Å². The van der Waals surface area contributed by atoms with Gasteiger partial charge in [-0.2, -0.15) is 0 Å². The molecule has 0 aliphatic carbocycles. The minimum atomic E-state index is -1.23. The van der Waals surface area contributed by atoms with Crippen LogP contribution >= 0.6 is 0 Å². The summed E-state index contributed by atoms with van der Waals surface area (Å²) in [4.78, 5) is 38.3. The van der Waals surface area contributed by atoms with Crippen molar-refractivity contribution in [2.24, 2.45) is 5.92 Å². The van der Waals surface area contributed by atoms with Gasteiger partial charge in [0, 0.05) is 17.8 Å². The molecule has 1 aromatic rings. The van der Waals surface area contributed by atoms with Crippen LogP contribution in [0.15, 0.2) is 46.8 Å². The fourth-order valence-corrected chi connectivity index (χ4v) is 3.33. The average molecular weight is 431 g/mol. The summed E-state index contributed by atoms with van der Waals surface area (Å²) in [5.41, 5.74) is 1.91. The highest BCUT2D eigenvalue weighted by atomic mass is 16.5. The molecule has 0 radical (unpaired) electrons. The lowest BCUT2D eigenvalue weighted by molar-refractivity contribution is -0.151. The number of hydrogen-bond acceptors (Lipinski definition) is 8. The van der Waals surface area contributed by atoms with Crippen LogP contribution in [0.3, 0.4) is 0 Å². The summed E-state index contributed by atoms with van der Waals surface area (Å²) in [5, 5.41) is 2.97. The number of carbonyl (C=O) groups excluding carboxylic acids is 3. The van der Waals surface area contributed by atoms with Gasteiger partial charge in [0.05, 0.1) is 38.1 Å². The Bertz CT molecular complexity index is 844. The monoisotopic (exact) mass is 431 g/mol. The molecule has 8 heteroatoms. The molecule has 0 atom stereocenters. The summed E-state index contributed by atoms with van der Waals surface area (Å²) >= 11 is 0. The number of nitrogens with one attached hydrogen (secondary N) is 1. The van der Waals surface area contributed by atoms with E-state index in [0.29, 0.717) is 17.8 Å². The SMILES string of the molecule is CCOC(=O)C1=C(C)NC(C)=C(C(=O)OCC)C1C(=O)OCCc1ccc(OC)cc1. The summed E-state index contributed by atoms with van der Waals surface area (Å²) in [5.74, 6) is -2.57. The second-order valence-electron chi connectivity index (χ2n) is 6.84. The number of dihydropyridines is 1. The van der Waals surface area contributed by atoms with Crippen molar-refractivity contribution >= 4 is 17.9 Å². The molecule has 8 nitrogen and oxygen atoms in total. The summed E-state index contributed by atoms with van der Waals surface area (Å²) < 4.78 is 20.8. The number of carbonyl (C=O) groups is 3. The number of ether oxygens (including phenoxy) is 4. The van der Waals surface area contributed by atoms with Crippen LogP contribution in [0.2, 0.25) is 0 Å². The lowest BCUT2D eigenvalue weighted by atomic mass is 9.85. The molecule has 1 heterocycles. The van der Waals surface area contributed by atoms with Crippen LogP contribution < -0.4 is 10.1 Å². The van der Waals surface area contributed by atoms with Crippen LogP contribution in [-0.4, -0.2) is 44.8 Å². The Kier molecular flexibility index (Phi) is 8.66. The van der Waals surface area contributed by atoms with Crippen LogP contribution in [0.5, 0.6) is 5.75 Å². The van der Waals surface area contributed by atoms with E-state index in [0.717, 1.165) is 11.3 Å². The second-order valence-corrected chi connectivity index (χ2v) is 6.84. The third-order valence-corrected chi connectivity index (χ3v) is 4.78. The molecule has 0 bridgehead atoms. The van der Waals surface area contributed by atoms with Crippen molar-refractivity contribution in [2.45, 2.75) is 34.1 Å². The number of methoxy groups -OCH3 is 1. The van der Waals surface area contributed by atoms with E-state index >= 15 is 0 Å². The zero-order chi connectivity index (χ0) is 23.0. The van der Waals surface area contributed by atoms with Gasteiger partial charge in [0.15, 0.2) is 0 Å². The second kappa shape index (κ2) is 11.2. The van der Waals surface area contributed by atoms with Gasteiger partial charge in [0.25, 0.3) is 0 Å². The van der Waals surface area contributed by atoms with E-state index in [9.17, 15) is 14.4 Å². The molecule has 1 aliphatic heterocycles. The van der Waals surface area contributed by atoms with E-state index in [2.05, 4.69) is 5.32 Å². The molecule has 0 aromatic heterocycles. The molecule has 0 amide bonds. The van der Waals surface area contributed by atoms with Gasteiger partial charge < -0.3 is 24.3 Å². The van der Waals surface area contributed by atoms with E-state index in [-0.39, 0.29) is 31.0 Å². The third-order valence-electron chi connectivity index (χ3n) is 4.78. The number of rotatable bonds is 9. The van der Waals surface area contributed by atoms with E-state index in [4.69, 9.17) is 18.9 Å². The first-order valence-corrected chi connectivity index (χ1v) is 10.2. The van der Waals surface area contributed by atoms with E-state index in [1.165, 1.54) is 0 Å². The van der Waals surface area contributed by atoms with Gasteiger partial charge in [-0.05, 0) is 45.4 Å². The molecule has 0 unspecified atom stereocenters. The van der Waals surface area contributed by atoms with Gasteiger partial charge in [0.2, 0.25) is 0 Å². The first kappa shape index (κ1) is 24.0. The van der Waals surface area contributed by atoms with Gasteiger partial charge >= 0.3 is 17.9 Å². The maximum absolute atomic E-state index is 13.1. The minimum absolute atomic E-state index is 0.0463. The Hall–Kier alpha value is -3.29. The van der Waals surface area contributed by atoms with Gasteiger partial charge in [-0.15, -0.1) is 0 Å². The molecular weight excluding hydrogens is 402 g/mol. The van der Waals surface area contributed by atoms with Gasteiger partial charge in [-0.3, -0.25) is 4.79 Å². The molecule has 1 aliphatic rings. The first-order valence-electron chi connectivity index (χ1n) is 10.2. The normalized spacial score (nSPS) is 14.1. The predicted octanol–water partition coefficient (Wildman–Crippen LogP) is 2.67. The van der Waals surface area contributed by atoms with Gasteiger partial charge in [-0.25, -0.2) is 9.59 Å². The minimum Gasteiger partial charge on any atom is -0.497 e. The summed E-state index contributed by atoms with van der Waals surface area (Å²) in [6.07, 6.45) is 0.468. The third kappa shape index (κ3) is 5.87. The van der Waals surface area contributed by atoms with Crippen molar-refractivity contribution < 1.29 is 33.3 Å². The molecule has 0 spiro atoms. The fraction of sp³-hybridized carbons (Fsp3) is 0.435. The standard InChI is InChI=1S/C23H29NO7/c1-6-29-21(25)18-14(3)24-15(4)19(22(26)30-7-2)20(18)23(27)31-13-12-16-8-10-17(28-5)11-9-16/h8-11,20,24H,6-7,12-13H2,1-5H3. The van der Waals surface area contributed by atoms with Crippen molar-refractivity contribution in [3.05, 3.63) is 52.4 Å². The Morgan fingerprint density at radius 2 is 1.39 bits per heavy atom. The molecule has 1 N–H and O–H groups in total. The topological polar surface area (TPSA) is 100 Å². The summed E-state index contributed by atoms with van der Waals surface area (Å²) in [6.45, 7) is 6.97. The molecule has 2 rings (SSSR count). The predicted molar refractivity (Wildman–Crippen MR) is 113 cm³/mol. The molecule has 0 saturated carbocycles. The van der Waals surface area contributed by atoms with Crippen molar-refractivity contribution in [1.82, 2.24) is 5.32 Å². The Balaban J connectivity index is 2.24. The van der Waals surface area contributed by atoms with Gasteiger partial charge in [0.1, 0.15) is 11.7 Å². The lowest BCUT2D eigenvalue weighted by Gasteiger charge is -2.28. The highest BCUT2D eigenvalue weighted by Crippen LogP contribution is 2.32.